The van der Waals surface area contributed by atoms with Gasteiger partial charge in [-0.1, -0.05) is 66.7 Å². The Labute approximate surface area is 186 Å². The monoisotopic (exact) mass is 505 g/mol. The summed E-state index contributed by atoms with van der Waals surface area (Å²) < 4.78 is 0.274. The van der Waals surface area contributed by atoms with Gasteiger partial charge in [0.15, 0.2) is 0 Å². The van der Waals surface area contributed by atoms with E-state index in [9.17, 15) is 19.2 Å². The van der Waals surface area contributed by atoms with Crippen molar-refractivity contribution in [2.24, 2.45) is 0 Å². The standard InChI is InChI=1S/C22H12BrO4P.Mn/c23-21-11-22(20(14-26)18(12-24)19(21)13-25)28(15-27,16-7-3-1-4-8-16)17-9-5-2-6-10-17;/h1-11,22H;. The fourth-order valence-corrected chi connectivity index (χ4v) is 7.53. The first kappa shape index (κ1) is 22.8. The molecule has 0 heterocycles. The van der Waals surface area contributed by atoms with Gasteiger partial charge in [-0.3, -0.25) is 0 Å². The van der Waals surface area contributed by atoms with E-state index in [0.717, 1.165) is 0 Å². The third-order valence-corrected chi connectivity index (χ3v) is 8.98. The smallest absolute Gasteiger partial charge is 0.135 e. The maximum Gasteiger partial charge on any atom is 0.135 e. The van der Waals surface area contributed by atoms with Gasteiger partial charge in [0.05, 0.1) is 22.4 Å². The summed E-state index contributed by atoms with van der Waals surface area (Å²) in [5.41, 5.74) is 0.949. The van der Waals surface area contributed by atoms with Gasteiger partial charge < -0.3 is 0 Å². The van der Waals surface area contributed by atoms with E-state index in [-0.39, 0.29) is 38.3 Å². The molecule has 4 nitrogen and oxygen atoms in total. The quantitative estimate of drug-likeness (QED) is 0.365. The number of allylic oxidation sites excluding steroid dienone is 5. The molecule has 1 aliphatic carbocycles. The Morgan fingerprint density at radius 3 is 1.59 bits per heavy atom. The number of halogens is 1. The second kappa shape index (κ2) is 9.84. The van der Waals surface area contributed by atoms with E-state index >= 15 is 0 Å². The molecule has 0 aliphatic heterocycles. The second-order valence-electron chi connectivity index (χ2n) is 5.91. The van der Waals surface area contributed by atoms with Gasteiger partial charge in [-0.25, -0.2) is 19.2 Å². The summed E-state index contributed by atoms with van der Waals surface area (Å²) in [6, 6.07) is 18.0. The Morgan fingerprint density at radius 2 is 1.21 bits per heavy atom. The minimum absolute atomic E-state index is 0. The molecule has 1 atom stereocenters. The van der Waals surface area contributed by atoms with Gasteiger partial charge in [-0.15, -0.1) is 0 Å². The second-order valence-corrected chi connectivity index (χ2v) is 9.99. The van der Waals surface area contributed by atoms with Crippen molar-refractivity contribution in [3.63, 3.8) is 0 Å². The van der Waals surface area contributed by atoms with E-state index in [2.05, 4.69) is 21.6 Å². The van der Waals surface area contributed by atoms with E-state index < -0.39 is 12.5 Å². The summed E-state index contributed by atoms with van der Waals surface area (Å²) in [6.45, 7) is -3.01. The summed E-state index contributed by atoms with van der Waals surface area (Å²) in [7, 11) is 0. The molecule has 2 aromatic rings. The van der Waals surface area contributed by atoms with Crippen molar-refractivity contribution >= 4 is 56.9 Å². The maximum atomic E-state index is 12.6. The molecule has 0 N–H and O–H groups in total. The van der Waals surface area contributed by atoms with Crippen LogP contribution in [-0.2, 0) is 36.2 Å². The number of carbonyl (C=O) groups excluding carboxylic acids is 4. The van der Waals surface area contributed by atoms with Crippen LogP contribution >= 0.6 is 22.8 Å². The van der Waals surface area contributed by atoms with Crippen LogP contribution in [0.3, 0.4) is 0 Å². The molecule has 0 fully saturated rings. The Hall–Kier alpha value is -2.46. The average Bonchev–Trinajstić information content (AvgIpc) is 2.75. The van der Waals surface area contributed by atoms with Gasteiger partial charge in [-0.05, 0) is 26.5 Å². The van der Waals surface area contributed by atoms with Crippen molar-refractivity contribution in [3.05, 3.63) is 87.9 Å². The first-order chi connectivity index (χ1) is 13.6. The minimum Gasteiger partial charge on any atom is -0.234 e. The third-order valence-electron chi connectivity index (χ3n) is 4.56. The summed E-state index contributed by atoms with van der Waals surface area (Å²) in [6.07, 6.45) is 1.58. The number of hydrogen-bond donors (Lipinski definition) is 0. The Morgan fingerprint density at radius 1 is 0.724 bits per heavy atom. The van der Waals surface area contributed by atoms with Crippen LogP contribution in [0.1, 0.15) is 0 Å². The Bertz CT molecular complexity index is 1150. The van der Waals surface area contributed by atoms with Crippen LogP contribution in [0.5, 0.6) is 0 Å². The predicted molar refractivity (Wildman–Crippen MR) is 113 cm³/mol. The molecule has 0 spiro atoms. The molecular formula is C22H12BrMnO4P. The molecule has 0 saturated carbocycles. The van der Waals surface area contributed by atoms with Crippen molar-refractivity contribution in [3.8, 4) is 0 Å². The first-order valence-electron chi connectivity index (χ1n) is 8.17. The van der Waals surface area contributed by atoms with Gasteiger partial charge in [0.1, 0.15) is 23.5 Å². The molecule has 1 aliphatic rings. The van der Waals surface area contributed by atoms with Crippen LogP contribution in [-0.4, -0.2) is 29.1 Å². The van der Waals surface area contributed by atoms with Gasteiger partial charge in [0.25, 0.3) is 0 Å². The number of benzene rings is 2. The number of rotatable bonds is 3. The van der Waals surface area contributed by atoms with E-state index in [1.807, 2.05) is 12.1 Å². The molecule has 0 saturated heterocycles. The SMILES string of the molecule is O=C=C1C(=C=O)C(Br)=CC(P(=C=O)(c2ccccc2)c2ccccc2)C1=C=O.[Mn]. The van der Waals surface area contributed by atoms with Gasteiger partial charge in [0, 0.05) is 28.4 Å². The van der Waals surface area contributed by atoms with Crippen LogP contribution in [0.4, 0.5) is 0 Å². The van der Waals surface area contributed by atoms with Gasteiger partial charge in [0.2, 0.25) is 0 Å². The fourth-order valence-electron chi connectivity index (χ4n) is 3.29. The van der Waals surface area contributed by atoms with Crippen LogP contribution in [0.25, 0.3) is 0 Å². The maximum absolute atomic E-state index is 12.6. The largest absolute Gasteiger partial charge is 0.234 e. The summed E-state index contributed by atoms with van der Waals surface area (Å²) in [5, 5.41) is 1.38. The molecule has 0 bridgehead atoms. The van der Waals surface area contributed by atoms with Crippen LogP contribution in [0, 0.1) is 0 Å². The first-order valence-corrected chi connectivity index (χ1v) is 10.8. The van der Waals surface area contributed by atoms with Crippen molar-refractivity contribution in [2.45, 2.75) is 5.66 Å². The van der Waals surface area contributed by atoms with E-state index in [1.54, 1.807) is 72.4 Å². The van der Waals surface area contributed by atoms with Crippen molar-refractivity contribution in [1.29, 1.82) is 0 Å². The molecular weight excluding hydrogens is 494 g/mol. The van der Waals surface area contributed by atoms with Gasteiger partial charge >= 0.3 is 0 Å². The average molecular weight is 506 g/mol. The Balaban J connectivity index is 0.00000300. The minimum atomic E-state index is -3.01. The zero-order valence-corrected chi connectivity index (χ0v) is 18.4. The molecule has 29 heavy (non-hydrogen) atoms. The number of hydrogen-bond acceptors (Lipinski definition) is 4. The molecule has 0 amide bonds. The third kappa shape index (κ3) is 3.86. The fraction of sp³-hybridized carbons (Fsp3) is 0.0455. The Kier molecular flexibility index (Phi) is 7.74. The van der Waals surface area contributed by atoms with Crippen molar-refractivity contribution < 1.29 is 36.2 Å². The molecule has 7 heteroatoms. The molecule has 1 radical (unpaired) electrons. The topological polar surface area (TPSA) is 68.3 Å². The van der Waals surface area contributed by atoms with Gasteiger partial charge in [-0.2, -0.15) is 0 Å². The molecule has 2 aromatic carbocycles. The van der Waals surface area contributed by atoms with E-state index in [0.29, 0.717) is 10.6 Å². The van der Waals surface area contributed by atoms with E-state index in [4.69, 9.17) is 0 Å². The van der Waals surface area contributed by atoms with Crippen LogP contribution < -0.4 is 10.6 Å². The molecule has 1 unspecified atom stereocenters. The zero-order valence-electron chi connectivity index (χ0n) is 14.8. The summed E-state index contributed by atoms with van der Waals surface area (Å²) in [4.78, 5) is 47.4. The van der Waals surface area contributed by atoms with Crippen LogP contribution in [0.2, 0.25) is 0 Å². The summed E-state index contributed by atoms with van der Waals surface area (Å²) in [5.74, 6) is 5.07. The van der Waals surface area contributed by atoms with Crippen LogP contribution in [0.15, 0.2) is 87.9 Å². The molecule has 0 aromatic heterocycles. The van der Waals surface area contributed by atoms with E-state index in [1.165, 1.54) is 0 Å². The van der Waals surface area contributed by atoms with Crippen molar-refractivity contribution in [2.75, 3.05) is 0 Å². The summed E-state index contributed by atoms with van der Waals surface area (Å²) >= 11 is 3.27. The molecule has 3 rings (SSSR count). The zero-order chi connectivity index (χ0) is 20.1. The van der Waals surface area contributed by atoms with Crippen molar-refractivity contribution in [1.82, 2.24) is 0 Å². The normalized spacial score (nSPS) is 15.8. The molecule has 143 valence electrons. The predicted octanol–water partition coefficient (Wildman–Crippen LogP) is 2.65.